The van der Waals surface area contributed by atoms with Gasteiger partial charge in [0.25, 0.3) is 10.2 Å². The molecule has 4 aromatic rings. The lowest BCUT2D eigenvalue weighted by molar-refractivity contribution is 0.0564. The maximum Gasteiger partial charge on any atom is 0.333 e. The minimum atomic E-state index is -4.03. The highest BCUT2D eigenvalue weighted by Crippen LogP contribution is 2.46. The zero-order valence-corrected chi connectivity index (χ0v) is 25.5. The molecule has 6 rings (SSSR count). The van der Waals surface area contributed by atoms with Crippen LogP contribution in [0.4, 0.5) is 13.2 Å². The van der Waals surface area contributed by atoms with Crippen LogP contribution in [0.3, 0.4) is 0 Å². The molecule has 230 valence electrons. The van der Waals surface area contributed by atoms with Crippen LogP contribution in [-0.4, -0.2) is 51.5 Å². The van der Waals surface area contributed by atoms with Gasteiger partial charge in [-0.1, -0.05) is 30.7 Å². The number of hydrogen-bond donors (Lipinski definition) is 2. The Balaban J connectivity index is 1.41. The van der Waals surface area contributed by atoms with Crippen molar-refractivity contribution in [3.63, 3.8) is 0 Å². The molecule has 2 N–H and O–H groups in total. The number of hydrogen-bond acceptors (Lipinski definition) is 8. The third-order valence-electron chi connectivity index (χ3n) is 7.30. The molecule has 0 radical (unpaired) electrons. The van der Waals surface area contributed by atoms with Crippen molar-refractivity contribution < 1.29 is 21.6 Å². The number of halogens is 4. The maximum atomic E-state index is 14.1. The normalized spacial score (nSPS) is 19.4. The summed E-state index contributed by atoms with van der Waals surface area (Å²) in [5, 5.41) is 6.55. The van der Waals surface area contributed by atoms with E-state index < -0.39 is 40.7 Å². The predicted molar refractivity (Wildman–Crippen MR) is 161 cm³/mol. The molecule has 0 unspecified atom stereocenters. The van der Waals surface area contributed by atoms with Crippen molar-refractivity contribution in [1.82, 2.24) is 34.1 Å². The van der Waals surface area contributed by atoms with E-state index in [4.69, 9.17) is 16.6 Å². The highest BCUT2D eigenvalue weighted by Gasteiger charge is 2.42. The minimum absolute atomic E-state index is 0.0941. The van der Waals surface area contributed by atoms with Crippen molar-refractivity contribution >= 4 is 44.6 Å². The van der Waals surface area contributed by atoms with E-state index >= 15 is 0 Å². The zero-order valence-electron chi connectivity index (χ0n) is 23.1. The molecule has 2 aliphatic heterocycles. The molecule has 10 nitrogen and oxygen atoms in total. The lowest BCUT2D eigenvalue weighted by atomic mass is 9.92. The summed E-state index contributed by atoms with van der Waals surface area (Å²) < 4.78 is 73.9. The molecule has 0 spiro atoms. The third kappa shape index (κ3) is 6.15. The van der Waals surface area contributed by atoms with Gasteiger partial charge in [-0.15, -0.1) is 11.3 Å². The Bertz CT molecular complexity index is 1820. The fourth-order valence-corrected chi connectivity index (χ4v) is 7.65. The fourth-order valence-electron chi connectivity index (χ4n) is 5.41. The van der Waals surface area contributed by atoms with Crippen molar-refractivity contribution in [1.29, 1.82) is 0 Å². The van der Waals surface area contributed by atoms with Crippen LogP contribution in [0.25, 0.3) is 5.57 Å². The Morgan fingerprint density at radius 2 is 2.00 bits per heavy atom. The van der Waals surface area contributed by atoms with Crippen molar-refractivity contribution in [3.05, 3.63) is 105 Å². The molecule has 1 fully saturated rings. The second-order valence-electron chi connectivity index (χ2n) is 10.1. The van der Waals surface area contributed by atoms with Crippen molar-refractivity contribution in [2.45, 2.75) is 44.4 Å². The van der Waals surface area contributed by atoms with E-state index in [9.17, 15) is 21.6 Å². The molecule has 2 aliphatic rings. The molecule has 44 heavy (non-hydrogen) atoms. The van der Waals surface area contributed by atoms with Crippen molar-refractivity contribution in [2.75, 3.05) is 6.54 Å². The van der Waals surface area contributed by atoms with Crippen LogP contribution in [-0.2, 0) is 10.2 Å². The van der Waals surface area contributed by atoms with E-state index in [2.05, 4.69) is 24.5 Å². The molecule has 1 saturated heterocycles. The Hall–Kier alpha value is -3.63. The Morgan fingerprint density at radius 1 is 1.16 bits per heavy atom. The summed E-state index contributed by atoms with van der Waals surface area (Å²) in [6.45, 7) is -0.848. The highest BCUT2D eigenvalue weighted by atomic mass is 35.5. The summed E-state index contributed by atoms with van der Waals surface area (Å²) in [5.74, 6) is -0.0950. The van der Waals surface area contributed by atoms with Crippen LogP contribution in [0, 0.1) is 5.82 Å². The molecule has 3 aromatic heterocycles. The number of aliphatic imine (C=N–C) groups is 1. The zero-order chi connectivity index (χ0) is 31.0. The van der Waals surface area contributed by atoms with Gasteiger partial charge in [0.2, 0.25) is 0 Å². The monoisotopic (exact) mass is 662 g/mol. The number of amidine groups is 1. The van der Waals surface area contributed by atoms with Gasteiger partial charge in [0.1, 0.15) is 11.9 Å². The van der Waals surface area contributed by atoms with Crippen LogP contribution >= 0.6 is 22.9 Å². The SMILES string of the molecule is CC[C@@H](NS(=O)(=O)N[C@H]1CC2=C(c3ccn(C(F)F)n3)[C@H](c3ccc(F)cc3Cl)N=C(c3nccs3)N2C1)c1ccccn1. The first-order valence-corrected chi connectivity index (χ1v) is 16.3. The van der Waals surface area contributed by atoms with E-state index in [1.807, 2.05) is 11.8 Å². The second kappa shape index (κ2) is 12.4. The maximum absolute atomic E-state index is 14.1. The van der Waals surface area contributed by atoms with Crippen LogP contribution in [0.5, 0.6) is 0 Å². The number of aromatic nitrogens is 4. The minimum Gasteiger partial charge on any atom is -0.326 e. The van der Waals surface area contributed by atoms with Crippen molar-refractivity contribution in [2.24, 2.45) is 4.99 Å². The first-order chi connectivity index (χ1) is 21.1. The number of thiazole rings is 1. The van der Waals surface area contributed by atoms with Crippen molar-refractivity contribution in [3.8, 4) is 0 Å². The number of pyridine rings is 1. The van der Waals surface area contributed by atoms with Gasteiger partial charge in [-0.25, -0.2) is 14.1 Å². The fraction of sp³-hybridized carbons (Fsp3) is 0.286. The summed E-state index contributed by atoms with van der Waals surface area (Å²) >= 11 is 7.84. The Kier molecular flexibility index (Phi) is 8.57. The van der Waals surface area contributed by atoms with E-state index in [0.29, 0.717) is 44.5 Å². The number of rotatable bonds is 10. The van der Waals surface area contributed by atoms with E-state index in [1.165, 1.54) is 29.5 Å². The lowest BCUT2D eigenvalue weighted by Gasteiger charge is -2.32. The standard InChI is InChI=1S/C28H26ClF3N8O2S2/c1-2-20(21-5-3-4-9-33-21)38-44(41,42)37-17-14-23-24(22-8-11-40(36-22)28(31)32)25(18-7-6-16(30)13-19(18)29)35-26(39(23)15-17)27-34-10-12-43-27/h3-13,17,20,25,28,37-38H,2,14-15H2,1H3/t17-,20+,25-/m0/s1. The first-order valence-electron chi connectivity index (χ1n) is 13.6. The number of alkyl halides is 2. The van der Waals surface area contributed by atoms with Gasteiger partial charge in [0.15, 0.2) is 10.8 Å². The average molecular weight is 663 g/mol. The predicted octanol–water partition coefficient (Wildman–Crippen LogP) is 5.48. The van der Waals surface area contributed by atoms with E-state index in [0.717, 1.165) is 12.3 Å². The Morgan fingerprint density at radius 3 is 2.66 bits per heavy atom. The van der Waals surface area contributed by atoms with Gasteiger partial charge >= 0.3 is 6.55 Å². The summed E-state index contributed by atoms with van der Waals surface area (Å²) in [6, 6.07) is 8.57. The van der Waals surface area contributed by atoms with Crippen LogP contribution in [0.2, 0.25) is 5.02 Å². The summed E-state index contributed by atoms with van der Waals surface area (Å²) in [4.78, 5) is 15.5. The Labute approximate surface area is 260 Å². The van der Waals surface area contributed by atoms with Crippen LogP contribution in [0.15, 0.2) is 77.1 Å². The summed E-state index contributed by atoms with van der Waals surface area (Å²) in [6.07, 6.45) is 5.02. The van der Waals surface area contributed by atoms with Crippen LogP contribution < -0.4 is 9.44 Å². The van der Waals surface area contributed by atoms with Gasteiger partial charge < -0.3 is 4.90 Å². The van der Waals surface area contributed by atoms with Gasteiger partial charge in [0.05, 0.1) is 17.4 Å². The molecule has 3 atom stereocenters. The van der Waals surface area contributed by atoms with E-state index in [-0.39, 0.29) is 23.7 Å². The van der Waals surface area contributed by atoms with E-state index in [1.54, 1.807) is 36.0 Å². The first kappa shape index (κ1) is 30.4. The molecule has 0 bridgehead atoms. The van der Waals surface area contributed by atoms with Gasteiger partial charge in [-0.05, 0) is 36.8 Å². The van der Waals surface area contributed by atoms with Crippen LogP contribution in [0.1, 0.15) is 60.4 Å². The largest absolute Gasteiger partial charge is 0.333 e. The second-order valence-corrected chi connectivity index (χ2v) is 12.9. The smallest absolute Gasteiger partial charge is 0.326 e. The molecule has 0 saturated carbocycles. The summed E-state index contributed by atoms with van der Waals surface area (Å²) in [7, 11) is -4.03. The molecular formula is C28H26ClF3N8O2S2. The number of benzene rings is 1. The molecule has 0 amide bonds. The molecule has 1 aromatic carbocycles. The quantitative estimate of drug-likeness (QED) is 0.232. The topological polar surface area (TPSA) is 117 Å². The molecule has 16 heteroatoms. The van der Waals surface area contributed by atoms with Gasteiger partial charge in [0, 0.05) is 64.8 Å². The number of nitrogens with one attached hydrogen (secondary N) is 2. The lowest BCUT2D eigenvalue weighted by Crippen LogP contribution is -2.45. The molecular weight excluding hydrogens is 637 g/mol. The number of fused-ring (bicyclic) bond motifs is 1. The third-order valence-corrected chi connectivity index (χ3v) is 9.63. The number of nitrogens with zero attached hydrogens (tertiary/aromatic N) is 6. The van der Waals surface area contributed by atoms with Gasteiger partial charge in [-0.2, -0.15) is 31.7 Å². The average Bonchev–Trinajstić information content (AvgIpc) is 3.77. The highest BCUT2D eigenvalue weighted by molar-refractivity contribution is 7.87. The molecule has 5 heterocycles. The molecule has 0 aliphatic carbocycles. The van der Waals surface area contributed by atoms with Gasteiger partial charge in [-0.3, -0.25) is 9.98 Å². The summed E-state index contributed by atoms with van der Waals surface area (Å²) in [5.41, 5.74) is 2.29.